The van der Waals surface area contributed by atoms with E-state index in [0.717, 1.165) is 18.4 Å². The number of hydrogen-bond acceptors (Lipinski definition) is 3. The summed E-state index contributed by atoms with van der Waals surface area (Å²) in [6.07, 6.45) is 1.91. The summed E-state index contributed by atoms with van der Waals surface area (Å²) in [4.78, 5) is 14.1. The molecule has 0 saturated carbocycles. The van der Waals surface area contributed by atoms with Crippen LogP contribution >= 0.6 is 11.3 Å². The molecule has 0 aliphatic carbocycles. The topological polar surface area (TPSA) is 41.6 Å². The van der Waals surface area contributed by atoms with Gasteiger partial charge in [0.25, 0.3) is 0 Å². The molecular formula is C18H24N2O2S. The first kappa shape index (κ1) is 17.5. The van der Waals surface area contributed by atoms with Gasteiger partial charge >= 0.3 is 6.03 Å². The first-order valence-corrected chi connectivity index (χ1v) is 8.80. The predicted molar refractivity (Wildman–Crippen MR) is 94.8 cm³/mol. The van der Waals surface area contributed by atoms with Crippen LogP contribution in [0.5, 0.6) is 0 Å². The Morgan fingerprint density at radius 1 is 1.22 bits per heavy atom. The number of ether oxygens (including phenoxy) is 1. The standard InChI is InChI=1S/C18H24N2O2S/c1-22-12-11-20(14-17-9-13-23-15-17)18(21)19-10-5-8-16-6-3-2-4-7-16/h2-4,6-7,9,13,15H,5,8,10-12,14H2,1H3,(H,19,21). The molecule has 0 aliphatic rings. The van der Waals surface area contributed by atoms with E-state index in [0.29, 0.717) is 26.2 Å². The monoisotopic (exact) mass is 332 g/mol. The number of urea groups is 1. The van der Waals surface area contributed by atoms with Gasteiger partial charge in [0.15, 0.2) is 0 Å². The maximum Gasteiger partial charge on any atom is 0.317 e. The minimum Gasteiger partial charge on any atom is -0.383 e. The van der Waals surface area contributed by atoms with Crippen LogP contribution < -0.4 is 5.32 Å². The Morgan fingerprint density at radius 2 is 2.04 bits per heavy atom. The lowest BCUT2D eigenvalue weighted by Crippen LogP contribution is -2.41. The fourth-order valence-corrected chi connectivity index (χ4v) is 2.96. The fraction of sp³-hybridized carbons (Fsp3) is 0.389. The van der Waals surface area contributed by atoms with E-state index in [1.54, 1.807) is 23.3 Å². The summed E-state index contributed by atoms with van der Waals surface area (Å²) in [5.74, 6) is 0. The zero-order valence-corrected chi connectivity index (χ0v) is 14.3. The van der Waals surface area contributed by atoms with Crippen LogP contribution in [0.1, 0.15) is 17.5 Å². The SMILES string of the molecule is COCCN(Cc1ccsc1)C(=O)NCCCc1ccccc1. The molecule has 1 heterocycles. The van der Waals surface area contributed by atoms with Crippen molar-refractivity contribution in [1.82, 2.24) is 10.2 Å². The number of nitrogens with zero attached hydrogens (tertiary/aromatic N) is 1. The Labute approximate surface area is 142 Å². The zero-order valence-electron chi connectivity index (χ0n) is 13.5. The van der Waals surface area contributed by atoms with Crippen LogP contribution in [0.4, 0.5) is 4.79 Å². The average Bonchev–Trinajstić information content (AvgIpc) is 3.09. The number of benzene rings is 1. The summed E-state index contributed by atoms with van der Waals surface area (Å²) in [6.45, 7) is 2.44. The van der Waals surface area contributed by atoms with Crippen molar-refractivity contribution in [2.75, 3.05) is 26.8 Å². The molecule has 1 N–H and O–H groups in total. The van der Waals surface area contributed by atoms with Crippen LogP contribution in [-0.4, -0.2) is 37.7 Å². The number of carbonyl (C=O) groups is 1. The van der Waals surface area contributed by atoms with E-state index in [1.807, 2.05) is 29.6 Å². The molecule has 2 amide bonds. The lowest BCUT2D eigenvalue weighted by atomic mass is 10.1. The third-order valence-electron chi connectivity index (χ3n) is 3.57. The molecule has 0 unspecified atom stereocenters. The van der Waals surface area contributed by atoms with Gasteiger partial charge in [-0.3, -0.25) is 0 Å². The number of amides is 2. The van der Waals surface area contributed by atoms with Crippen molar-refractivity contribution in [3.8, 4) is 0 Å². The first-order valence-electron chi connectivity index (χ1n) is 7.86. The van der Waals surface area contributed by atoms with Crippen molar-refractivity contribution < 1.29 is 9.53 Å². The van der Waals surface area contributed by atoms with Crippen LogP contribution in [0.2, 0.25) is 0 Å². The summed E-state index contributed by atoms with van der Waals surface area (Å²) in [6, 6.07) is 12.4. The molecule has 0 saturated heterocycles. The number of aryl methyl sites for hydroxylation is 1. The van der Waals surface area contributed by atoms with E-state index in [-0.39, 0.29) is 6.03 Å². The Bertz CT molecular complexity index is 558. The van der Waals surface area contributed by atoms with Gasteiger partial charge in [0.2, 0.25) is 0 Å². The number of thiophene rings is 1. The summed E-state index contributed by atoms with van der Waals surface area (Å²) < 4.78 is 5.11. The van der Waals surface area contributed by atoms with Gasteiger partial charge in [-0.15, -0.1) is 0 Å². The molecule has 5 heteroatoms. The molecule has 23 heavy (non-hydrogen) atoms. The highest BCUT2D eigenvalue weighted by Crippen LogP contribution is 2.09. The Hall–Kier alpha value is -1.85. The molecule has 0 fully saturated rings. The van der Waals surface area contributed by atoms with Crippen LogP contribution in [-0.2, 0) is 17.7 Å². The van der Waals surface area contributed by atoms with Crippen LogP contribution in [0, 0.1) is 0 Å². The highest BCUT2D eigenvalue weighted by atomic mass is 32.1. The molecule has 2 rings (SSSR count). The van der Waals surface area contributed by atoms with Gasteiger partial charge < -0.3 is 15.0 Å². The second-order valence-corrected chi connectivity index (χ2v) is 6.15. The number of methoxy groups -OCH3 is 1. The molecule has 0 atom stereocenters. The molecule has 4 nitrogen and oxygen atoms in total. The minimum atomic E-state index is -0.0266. The number of hydrogen-bond donors (Lipinski definition) is 1. The van der Waals surface area contributed by atoms with Gasteiger partial charge in [-0.25, -0.2) is 4.79 Å². The largest absolute Gasteiger partial charge is 0.383 e. The third kappa shape index (κ3) is 6.42. The van der Waals surface area contributed by atoms with Crippen LogP contribution in [0.15, 0.2) is 47.2 Å². The number of nitrogens with one attached hydrogen (secondary N) is 1. The van der Waals surface area contributed by atoms with Crippen molar-refractivity contribution in [3.05, 3.63) is 58.3 Å². The molecule has 1 aromatic carbocycles. The van der Waals surface area contributed by atoms with Gasteiger partial charge in [-0.1, -0.05) is 30.3 Å². The van der Waals surface area contributed by atoms with Crippen LogP contribution in [0.25, 0.3) is 0 Å². The van der Waals surface area contributed by atoms with Crippen molar-refractivity contribution in [3.63, 3.8) is 0 Å². The van der Waals surface area contributed by atoms with Crippen molar-refractivity contribution in [1.29, 1.82) is 0 Å². The quantitative estimate of drug-likeness (QED) is 0.714. The Morgan fingerprint density at radius 3 is 2.74 bits per heavy atom. The Kier molecular flexibility index (Phi) is 7.63. The summed E-state index contributed by atoms with van der Waals surface area (Å²) in [7, 11) is 1.65. The van der Waals surface area contributed by atoms with Gasteiger partial charge in [0, 0.05) is 26.7 Å². The molecule has 0 radical (unpaired) electrons. The van der Waals surface area contributed by atoms with Crippen molar-refractivity contribution in [2.24, 2.45) is 0 Å². The summed E-state index contributed by atoms with van der Waals surface area (Å²) >= 11 is 1.65. The average molecular weight is 332 g/mol. The van der Waals surface area contributed by atoms with Gasteiger partial charge in [0.05, 0.1) is 6.61 Å². The van der Waals surface area contributed by atoms with E-state index in [9.17, 15) is 4.79 Å². The number of rotatable bonds is 9. The highest BCUT2D eigenvalue weighted by Gasteiger charge is 2.13. The van der Waals surface area contributed by atoms with Crippen LogP contribution in [0.3, 0.4) is 0 Å². The minimum absolute atomic E-state index is 0.0266. The summed E-state index contributed by atoms with van der Waals surface area (Å²) in [5, 5.41) is 7.11. The van der Waals surface area contributed by atoms with E-state index in [1.165, 1.54) is 5.56 Å². The molecule has 0 spiro atoms. The van der Waals surface area contributed by atoms with Crippen molar-refractivity contribution >= 4 is 17.4 Å². The summed E-state index contributed by atoms with van der Waals surface area (Å²) in [5.41, 5.74) is 2.46. The number of carbonyl (C=O) groups excluding carboxylic acids is 1. The van der Waals surface area contributed by atoms with Crippen molar-refractivity contribution in [2.45, 2.75) is 19.4 Å². The van der Waals surface area contributed by atoms with E-state index < -0.39 is 0 Å². The molecule has 1 aromatic heterocycles. The van der Waals surface area contributed by atoms with Gasteiger partial charge in [-0.2, -0.15) is 11.3 Å². The lowest BCUT2D eigenvalue weighted by Gasteiger charge is -2.22. The second-order valence-electron chi connectivity index (χ2n) is 5.37. The third-order valence-corrected chi connectivity index (χ3v) is 4.30. The smallest absolute Gasteiger partial charge is 0.317 e. The highest BCUT2D eigenvalue weighted by molar-refractivity contribution is 7.07. The second kappa shape index (κ2) is 10.0. The van der Waals surface area contributed by atoms with E-state index in [2.05, 4.69) is 22.8 Å². The lowest BCUT2D eigenvalue weighted by molar-refractivity contribution is 0.146. The van der Waals surface area contributed by atoms with Gasteiger partial charge in [0.1, 0.15) is 0 Å². The fourth-order valence-electron chi connectivity index (χ4n) is 2.30. The maximum atomic E-state index is 12.3. The molecule has 0 aliphatic heterocycles. The molecule has 124 valence electrons. The van der Waals surface area contributed by atoms with Gasteiger partial charge in [-0.05, 0) is 40.8 Å². The van der Waals surface area contributed by atoms with E-state index in [4.69, 9.17) is 4.74 Å². The molecule has 0 bridgehead atoms. The maximum absolute atomic E-state index is 12.3. The zero-order chi connectivity index (χ0) is 16.3. The Balaban J connectivity index is 1.75. The predicted octanol–water partition coefficient (Wildman–Crippen LogP) is 3.54. The molecule has 2 aromatic rings. The first-order chi connectivity index (χ1) is 11.3. The normalized spacial score (nSPS) is 10.5. The molecular weight excluding hydrogens is 308 g/mol. The van der Waals surface area contributed by atoms with E-state index >= 15 is 0 Å².